The molecule has 0 saturated carbocycles. The molecule has 0 aromatic heterocycles. The molecule has 0 saturated heterocycles. The molecule has 0 aliphatic heterocycles. The van der Waals surface area contributed by atoms with Gasteiger partial charge < -0.3 is 0 Å². The van der Waals surface area contributed by atoms with Crippen molar-refractivity contribution in [3.05, 3.63) is 42.5 Å². The zero-order chi connectivity index (χ0) is 17.1. The molecule has 0 radical (unpaired) electrons. The fourth-order valence-electron chi connectivity index (χ4n) is 4.28. The monoisotopic (exact) mass is 328 g/mol. The largest absolute Gasteiger partial charge is 0.0653 e. The minimum absolute atomic E-state index is 0.227. The van der Waals surface area contributed by atoms with E-state index in [4.69, 9.17) is 0 Å². The quantitative estimate of drug-likeness (QED) is 0.475. The van der Waals surface area contributed by atoms with Crippen LogP contribution in [0.4, 0.5) is 0 Å². The van der Waals surface area contributed by atoms with Gasteiger partial charge in [-0.2, -0.15) is 0 Å². The van der Waals surface area contributed by atoms with Crippen LogP contribution in [0.25, 0.3) is 10.8 Å². The fraction of sp³-hybridized carbons (Fsp3) is 0.545. The van der Waals surface area contributed by atoms with Gasteiger partial charge in [0.2, 0.25) is 0 Å². The maximum atomic E-state index is 2.49. The Morgan fingerprint density at radius 3 is 1.78 bits per heavy atom. The van der Waals surface area contributed by atoms with Crippen molar-refractivity contribution in [1.29, 1.82) is 0 Å². The lowest BCUT2D eigenvalue weighted by Gasteiger charge is -2.46. The summed E-state index contributed by atoms with van der Waals surface area (Å²) in [6.07, 6.45) is 5.14. The highest BCUT2D eigenvalue weighted by atomic mass is 31.1. The van der Waals surface area contributed by atoms with Crippen LogP contribution in [-0.4, -0.2) is 10.3 Å². The van der Waals surface area contributed by atoms with Gasteiger partial charge >= 0.3 is 0 Å². The highest BCUT2D eigenvalue weighted by Crippen LogP contribution is 2.61. The Kier molecular flexibility index (Phi) is 5.90. The molecule has 2 aromatic rings. The summed E-state index contributed by atoms with van der Waals surface area (Å²) in [5.41, 5.74) is 0. The van der Waals surface area contributed by atoms with Gasteiger partial charge in [0.25, 0.3) is 0 Å². The predicted octanol–water partition coefficient (Wildman–Crippen LogP) is 7.10. The van der Waals surface area contributed by atoms with Gasteiger partial charge in [-0.3, -0.25) is 0 Å². The van der Waals surface area contributed by atoms with E-state index < -0.39 is 0 Å². The average molecular weight is 328 g/mol. The highest BCUT2D eigenvalue weighted by Gasteiger charge is 2.40. The zero-order valence-electron chi connectivity index (χ0n) is 15.8. The Bertz CT molecular complexity index is 621. The lowest BCUT2D eigenvalue weighted by molar-refractivity contribution is 0.563. The number of rotatable bonds is 7. The molecular weight excluding hydrogens is 295 g/mol. The van der Waals surface area contributed by atoms with Crippen molar-refractivity contribution >= 4 is 24.0 Å². The van der Waals surface area contributed by atoms with E-state index >= 15 is 0 Å². The number of benzene rings is 2. The van der Waals surface area contributed by atoms with Gasteiger partial charge in [-0.25, -0.2) is 0 Å². The van der Waals surface area contributed by atoms with Crippen molar-refractivity contribution in [1.82, 2.24) is 0 Å². The van der Waals surface area contributed by atoms with E-state index in [1.54, 1.807) is 5.30 Å². The van der Waals surface area contributed by atoms with Crippen LogP contribution in [0.3, 0.4) is 0 Å². The Morgan fingerprint density at radius 1 is 0.739 bits per heavy atom. The van der Waals surface area contributed by atoms with Gasteiger partial charge in [0.1, 0.15) is 0 Å². The Balaban J connectivity index is 2.54. The smallest absolute Gasteiger partial charge is 0.0106 e. The molecule has 126 valence electrons. The first-order chi connectivity index (χ1) is 10.8. The van der Waals surface area contributed by atoms with Gasteiger partial charge in [-0.05, 0) is 45.3 Å². The first kappa shape index (κ1) is 18.5. The molecule has 0 atom stereocenters. The van der Waals surface area contributed by atoms with Crippen LogP contribution in [0.15, 0.2) is 42.5 Å². The van der Waals surface area contributed by atoms with E-state index in [1.807, 2.05) is 0 Å². The molecule has 0 amide bonds. The van der Waals surface area contributed by atoms with Crippen molar-refractivity contribution in [2.75, 3.05) is 0 Å². The van der Waals surface area contributed by atoms with Crippen LogP contribution in [0.5, 0.6) is 0 Å². The third-order valence-corrected chi connectivity index (χ3v) is 8.59. The molecule has 0 nitrogen and oxygen atoms in total. The van der Waals surface area contributed by atoms with Crippen LogP contribution in [-0.2, 0) is 0 Å². The summed E-state index contributed by atoms with van der Waals surface area (Å²) in [4.78, 5) is 0. The molecule has 2 rings (SSSR count). The molecule has 0 N–H and O–H groups in total. The summed E-state index contributed by atoms with van der Waals surface area (Å²) in [6.45, 7) is 14.6. The molecule has 0 aliphatic rings. The maximum absolute atomic E-state index is 2.49. The minimum Gasteiger partial charge on any atom is -0.0653 e. The molecule has 0 unspecified atom stereocenters. The molecule has 23 heavy (non-hydrogen) atoms. The van der Waals surface area contributed by atoms with Gasteiger partial charge in [-0.1, -0.05) is 98.7 Å². The highest BCUT2D eigenvalue weighted by molar-refractivity contribution is 7.68. The summed E-state index contributed by atoms with van der Waals surface area (Å²) in [6, 6.07) is 16.0. The van der Waals surface area contributed by atoms with Crippen molar-refractivity contribution in [3.63, 3.8) is 0 Å². The standard InChI is InChI=1S/C22H33P/c1-7-15-21(3,4)23(22(5,6)16-8-2)20-14-13-18-11-9-10-12-19(18)17-20/h9-14,17H,7-8,15-16H2,1-6H3. The lowest BCUT2D eigenvalue weighted by atomic mass is 10.1. The molecule has 0 heterocycles. The Hall–Kier alpha value is -0.870. The lowest BCUT2D eigenvalue weighted by Crippen LogP contribution is -2.35. The summed E-state index contributed by atoms with van der Waals surface area (Å²) < 4.78 is 0. The van der Waals surface area contributed by atoms with Gasteiger partial charge in [0.15, 0.2) is 0 Å². The van der Waals surface area contributed by atoms with Crippen LogP contribution >= 0.6 is 7.92 Å². The van der Waals surface area contributed by atoms with Crippen molar-refractivity contribution < 1.29 is 0 Å². The van der Waals surface area contributed by atoms with Crippen LogP contribution in [0, 0.1) is 0 Å². The Labute approximate surface area is 144 Å². The number of hydrogen-bond acceptors (Lipinski definition) is 0. The van der Waals surface area contributed by atoms with Crippen LogP contribution in [0.2, 0.25) is 0 Å². The third-order valence-electron chi connectivity index (χ3n) is 4.93. The topological polar surface area (TPSA) is 0 Å². The molecule has 0 spiro atoms. The fourth-order valence-corrected chi connectivity index (χ4v) is 8.70. The third kappa shape index (κ3) is 4.16. The molecule has 1 heteroatoms. The van der Waals surface area contributed by atoms with Crippen molar-refractivity contribution in [3.8, 4) is 0 Å². The molecule has 0 aliphatic carbocycles. The first-order valence-corrected chi connectivity index (χ1v) is 10.4. The summed E-state index contributed by atoms with van der Waals surface area (Å²) >= 11 is 0. The summed E-state index contributed by atoms with van der Waals surface area (Å²) in [7, 11) is -0.227. The number of hydrogen-bond donors (Lipinski definition) is 0. The predicted molar refractivity (Wildman–Crippen MR) is 108 cm³/mol. The van der Waals surface area contributed by atoms with Gasteiger partial charge in [0.05, 0.1) is 0 Å². The van der Waals surface area contributed by atoms with E-state index in [9.17, 15) is 0 Å². The van der Waals surface area contributed by atoms with Gasteiger partial charge in [-0.15, -0.1) is 0 Å². The van der Waals surface area contributed by atoms with Crippen LogP contribution in [0.1, 0.15) is 67.2 Å². The van der Waals surface area contributed by atoms with E-state index in [2.05, 4.69) is 84.0 Å². The van der Waals surface area contributed by atoms with E-state index in [0.29, 0.717) is 10.3 Å². The van der Waals surface area contributed by atoms with E-state index in [0.717, 1.165) is 0 Å². The zero-order valence-corrected chi connectivity index (χ0v) is 16.7. The summed E-state index contributed by atoms with van der Waals surface area (Å²) in [5.74, 6) is 0. The number of fused-ring (bicyclic) bond motifs is 1. The molecular formula is C22H33P. The van der Waals surface area contributed by atoms with Crippen molar-refractivity contribution in [2.24, 2.45) is 0 Å². The van der Waals surface area contributed by atoms with Crippen LogP contribution < -0.4 is 5.30 Å². The van der Waals surface area contributed by atoms with E-state index in [-0.39, 0.29) is 7.92 Å². The second kappa shape index (κ2) is 7.35. The molecule has 2 aromatic carbocycles. The Morgan fingerprint density at radius 2 is 1.26 bits per heavy atom. The average Bonchev–Trinajstić information content (AvgIpc) is 2.46. The second-order valence-electron chi connectivity index (χ2n) is 7.99. The van der Waals surface area contributed by atoms with Gasteiger partial charge in [0, 0.05) is 0 Å². The minimum atomic E-state index is -0.227. The summed E-state index contributed by atoms with van der Waals surface area (Å²) in [5, 5.41) is 5.08. The van der Waals surface area contributed by atoms with E-state index in [1.165, 1.54) is 36.5 Å². The van der Waals surface area contributed by atoms with Crippen molar-refractivity contribution in [2.45, 2.75) is 77.5 Å². The molecule has 0 bridgehead atoms. The first-order valence-electron chi connectivity index (χ1n) is 9.11. The SMILES string of the molecule is CCCC(C)(C)P(c1ccc2ccccc2c1)C(C)(C)CCC. The second-order valence-corrected chi connectivity index (χ2v) is 11.6. The molecule has 0 fully saturated rings. The normalized spacial score (nSPS) is 13.0. The maximum Gasteiger partial charge on any atom is -0.0106 e.